The number of amides is 3. The van der Waals surface area contributed by atoms with Crippen LogP contribution >= 0.6 is 11.3 Å². The van der Waals surface area contributed by atoms with Gasteiger partial charge in [0, 0.05) is 23.3 Å². The van der Waals surface area contributed by atoms with Gasteiger partial charge in [0.25, 0.3) is 5.91 Å². The van der Waals surface area contributed by atoms with E-state index in [2.05, 4.69) is 22.9 Å². The summed E-state index contributed by atoms with van der Waals surface area (Å²) in [5.41, 5.74) is 2.50. The summed E-state index contributed by atoms with van der Waals surface area (Å²) in [4.78, 5) is 25.6. The molecule has 3 amide bonds. The molecule has 3 N–H and O–H groups in total. The molecule has 0 aliphatic carbocycles. The van der Waals surface area contributed by atoms with Crippen LogP contribution in [-0.2, 0) is 6.42 Å². The third-order valence-corrected chi connectivity index (χ3v) is 4.46. The van der Waals surface area contributed by atoms with Gasteiger partial charge >= 0.3 is 6.03 Å². The van der Waals surface area contributed by atoms with Gasteiger partial charge in [0.05, 0.1) is 4.88 Å². The Hall–Kier alpha value is -2.34. The molecule has 122 valence electrons. The van der Waals surface area contributed by atoms with Gasteiger partial charge in [-0.2, -0.15) is 0 Å². The van der Waals surface area contributed by atoms with Crippen molar-refractivity contribution in [2.45, 2.75) is 26.7 Å². The molecule has 0 aliphatic heterocycles. The summed E-state index contributed by atoms with van der Waals surface area (Å²) in [5.74, 6) is -0.127. The van der Waals surface area contributed by atoms with Gasteiger partial charge in [-0.1, -0.05) is 19.4 Å². The smallest absolute Gasteiger partial charge is 0.318 e. The van der Waals surface area contributed by atoms with Crippen molar-refractivity contribution in [1.82, 2.24) is 5.32 Å². The Morgan fingerprint density at radius 3 is 2.48 bits per heavy atom. The average molecular weight is 331 g/mol. The zero-order valence-corrected chi connectivity index (χ0v) is 14.3. The molecule has 0 unspecified atom stereocenters. The number of hydrogen-bond acceptors (Lipinski definition) is 3. The lowest BCUT2D eigenvalue weighted by Crippen LogP contribution is -2.24. The summed E-state index contributed by atoms with van der Waals surface area (Å²) >= 11 is 1.51. The molecule has 0 spiro atoms. The number of anilines is 2. The molecule has 0 fully saturated rings. The van der Waals surface area contributed by atoms with Gasteiger partial charge in [0.2, 0.25) is 0 Å². The van der Waals surface area contributed by atoms with Crippen molar-refractivity contribution >= 4 is 34.6 Å². The molecule has 0 saturated carbocycles. The second-order valence-corrected chi connectivity index (χ2v) is 6.44. The van der Waals surface area contributed by atoms with Crippen molar-refractivity contribution in [3.8, 4) is 0 Å². The van der Waals surface area contributed by atoms with Crippen LogP contribution in [0.1, 0.15) is 33.5 Å². The topological polar surface area (TPSA) is 70.2 Å². The minimum Gasteiger partial charge on any atom is -0.341 e. The summed E-state index contributed by atoms with van der Waals surface area (Å²) in [6, 6.07) is 8.72. The van der Waals surface area contributed by atoms with E-state index in [4.69, 9.17) is 0 Å². The van der Waals surface area contributed by atoms with Crippen LogP contribution in [0.4, 0.5) is 16.2 Å². The molecule has 6 heteroatoms. The maximum atomic E-state index is 12.4. The van der Waals surface area contributed by atoms with Crippen molar-refractivity contribution in [3.05, 3.63) is 45.6 Å². The van der Waals surface area contributed by atoms with E-state index in [1.165, 1.54) is 21.8 Å². The van der Waals surface area contributed by atoms with Crippen LogP contribution < -0.4 is 16.0 Å². The van der Waals surface area contributed by atoms with Crippen molar-refractivity contribution in [3.63, 3.8) is 0 Å². The number of benzene rings is 1. The van der Waals surface area contributed by atoms with E-state index in [1.807, 2.05) is 13.0 Å². The number of carbonyl (C=O) groups is 2. The lowest BCUT2D eigenvalue weighted by atomic mass is 10.1. The fourth-order valence-corrected chi connectivity index (χ4v) is 3.18. The summed E-state index contributed by atoms with van der Waals surface area (Å²) in [5, 5.41) is 8.03. The summed E-state index contributed by atoms with van der Waals surface area (Å²) in [7, 11) is 1.55. The van der Waals surface area contributed by atoms with E-state index >= 15 is 0 Å². The van der Waals surface area contributed by atoms with E-state index in [0.717, 1.165) is 12.8 Å². The predicted octanol–water partition coefficient (Wildman–Crippen LogP) is 4.01. The van der Waals surface area contributed by atoms with Crippen molar-refractivity contribution in [2.24, 2.45) is 0 Å². The summed E-state index contributed by atoms with van der Waals surface area (Å²) in [6.45, 7) is 4.17. The van der Waals surface area contributed by atoms with Crippen LogP contribution in [0.25, 0.3) is 0 Å². The van der Waals surface area contributed by atoms with Gasteiger partial charge < -0.3 is 16.0 Å². The second kappa shape index (κ2) is 7.78. The van der Waals surface area contributed by atoms with Crippen LogP contribution in [0, 0.1) is 6.92 Å². The molecule has 0 aliphatic rings. The van der Waals surface area contributed by atoms with Gasteiger partial charge in [0.1, 0.15) is 0 Å². The first-order valence-corrected chi connectivity index (χ1v) is 8.34. The van der Waals surface area contributed by atoms with Gasteiger partial charge in [0.15, 0.2) is 0 Å². The minimum atomic E-state index is -0.299. The largest absolute Gasteiger partial charge is 0.341 e. The number of urea groups is 1. The molecule has 23 heavy (non-hydrogen) atoms. The fourth-order valence-electron chi connectivity index (χ4n) is 2.21. The Morgan fingerprint density at radius 2 is 1.83 bits per heavy atom. The minimum absolute atomic E-state index is 0.127. The average Bonchev–Trinajstić information content (AvgIpc) is 2.89. The molecule has 1 aromatic heterocycles. The van der Waals surface area contributed by atoms with E-state index in [9.17, 15) is 9.59 Å². The maximum Gasteiger partial charge on any atom is 0.318 e. The highest BCUT2D eigenvalue weighted by Crippen LogP contribution is 2.24. The SMILES string of the molecule is CCCc1cc(C(=O)Nc2cccc(NC(=O)NC)c2)sc1C. The van der Waals surface area contributed by atoms with Crippen molar-refractivity contribution < 1.29 is 9.59 Å². The van der Waals surface area contributed by atoms with Gasteiger partial charge in [-0.25, -0.2) is 4.79 Å². The number of hydrogen-bond donors (Lipinski definition) is 3. The van der Waals surface area contributed by atoms with Crippen molar-refractivity contribution in [1.29, 1.82) is 0 Å². The first-order valence-electron chi connectivity index (χ1n) is 7.53. The number of thiophene rings is 1. The Bertz CT molecular complexity index is 710. The van der Waals surface area contributed by atoms with Gasteiger partial charge in [-0.05, 0) is 43.2 Å². The summed E-state index contributed by atoms with van der Waals surface area (Å²) in [6.07, 6.45) is 2.05. The highest BCUT2D eigenvalue weighted by Gasteiger charge is 2.12. The molecule has 0 atom stereocenters. The number of aryl methyl sites for hydroxylation is 2. The van der Waals surface area contributed by atoms with Gasteiger partial charge in [-0.15, -0.1) is 11.3 Å². The molecule has 0 radical (unpaired) electrons. The lowest BCUT2D eigenvalue weighted by molar-refractivity contribution is 0.103. The quantitative estimate of drug-likeness (QED) is 0.774. The highest BCUT2D eigenvalue weighted by atomic mass is 32.1. The Morgan fingerprint density at radius 1 is 1.13 bits per heavy atom. The zero-order valence-electron chi connectivity index (χ0n) is 13.5. The zero-order chi connectivity index (χ0) is 16.8. The van der Waals surface area contributed by atoms with Crippen LogP contribution in [0.2, 0.25) is 0 Å². The molecule has 1 heterocycles. The van der Waals surface area contributed by atoms with E-state index in [0.29, 0.717) is 16.3 Å². The van der Waals surface area contributed by atoms with E-state index in [-0.39, 0.29) is 11.9 Å². The van der Waals surface area contributed by atoms with Crippen LogP contribution in [0.3, 0.4) is 0 Å². The first kappa shape index (κ1) is 17.0. The molecule has 1 aromatic carbocycles. The highest BCUT2D eigenvalue weighted by molar-refractivity contribution is 7.14. The van der Waals surface area contributed by atoms with Crippen molar-refractivity contribution in [2.75, 3.05) is 17.7 Å². The maximum absolute atomic E-state index is 12.4. The Balaban J connectivity index is 2.09. The van der Waals surface area contributed by atoms with Crippen LogP contribution in [0.5, 0.6) is 0 Å². The summed E-state index contributed by atoms with van der Waals surface area (Å²) < 4.78 is 0. The molecule has 5 nitrogen and oxygen atoms in total. The second-order valence-electron chi connectivity index (χ2n) is 5.18. The Kier molecular flexibility index (Phi) is 5.76. The third-order valence-electron chi connectivity index (χ3n) is 3.37. The molecule has 2 aromatic rings. The van der Waals surface area contributed by atoms with E-state index in [1.54, 1.807) is 31.3 Å². The van der Waals surface area contributed by atoms with Gasteiger partial charge in [-0.3, -0.25) is 4.79 Å². The third kappa shape index (κ3) is 4.56. The molecular formula is C17H21N3O2S. The van der Waals surface area contributed by atoms with Crippen LogP contribution in [-0.4, -0.2) is 19.0 Å². The number of rotatable bonds is 5. The Labute approximate surface area is 140 Å². The number of carbonyl (C=O) groups excluding carboxylic acids is 2. The molecule has 2 rings (SSSR count). The molecule has 0 bridgehead atoms. The molecule has 0 saturated heterocycles. The monoisotopic (exact) mass is 331 g/mol. The lowest BCUT2D eigenvalue weighted by Gasteiger charge is -2.07. The normalized spacial score (nSPS) is 10.2. The standard InChI is InChI=1S/C17H21N3O2S/c1-4-6-12-9-15(23-11(12)2)16(21)19-13-7-5-8-14(10-13)20-17(22)18-3/h5,7-10H,4,6H2,1-3H3,(H,19,21)(H2,18,20,22). The molecular weight excluding hydrogens is 310 g/mol. The first-order chi connectivity index (χ1) is 11.0. The number of nitrogens with one attached hydrogen (secondary N) is 3. The van der Waals surface area contributed by atoms with Crippen LogP contribution in [0.15, 0.2) is 30.3 Å². The fraction of sp³-hybridized carbons (Fsp3) is 0.294. The van der Waals surface area contributed by atoms with E-state index < -0.39 is 0 Å². The predicted molar refractivity (Wildman–Crippen MR) is 95.5 cm³/mol.